The highest BCUT2D eigenvalue weighted by Gasteiger charge is 1.96. The van der Waals surface area contributed by atoms with Gasteiger partial charge < -0.3 is 10.1 Å². The summed E-state index contributed by atoms with van der Waals surface area (Å²) in [4.78, 5) is 0. The first-order chi connectivity index (χ1) is 8.36. The van der Waals surface area contributed by atoms with Crippen LogP contribution in [0.25, 0.3) is 0 Å². The molecule has 1 rings (SSSR count). The van der Waals surface area contributed by atoms with Gasteiger partial charge in [0.1, 0.15) is 5.75 Å². The maximum atomic E-state index is 8.40. The minimum Gasteiger partial charge on any atom is -0.494 e. The molecular weight excluding hydrogens is 212 g/mol. The van der Waals surface area contributed by atoms with Crippen molar-refractivity contribution >= 4 is 0 Å². The molecule has 0 saturated carbocycles. The van der Waals surface area contributed by atoms with Crippen LogP contribution in [0.1, 0.15) is 31.7 Å². The average molecular weight is 232 g/mol. The van der Waals surface area contributed by atoms with E-state index in [9.17, 15) is 0 Å². The molecule has 1 aromatic carbocycles. The van der Waals surface area contributed by atoms with Crippen LogP contribution in [0.5, 0.6) is 5.75 Å². The van der Waals surface area contributed by atoms with E-state index in [1.807, 2.05) is 19.1 Å². The van der Waals surface area contributed by atoms with Gasteiger partial charge in [0, 0.05) is 13.0 Å². The fourth-order valence-corrected chi connectivity index (χ4v) is 1.60. The van der Waals surface area contributed by atoms with E-state index in [-0.39, 0.29) is 0 Å². The first-order valence-electron chi connectivity index (χ1n) is 6.16. The van der Waals surface area contributed by atoms with Crippen LogP contribution in [-0.4, -0.2) is 13.2 Å². The third-order valence-corrected chi connectivity index (χ3v) is 2.43. The van der Waals surface area contributed by atoms with E-state index < -0.39 is 0 Å². The van der Waals surface area contributed by atoms with Crippen molar-refractivity contribution in [3.63, 3.8) is 0 Å². The molecule has 3 heteroatoms. The van der Waals surface area contributed by atoms with Gasteiger partial charge in [0.15, 0.2) is 0 Å². The summed E-state index contributed by atoms with van der Waals surface area (Å²) in [6.07, 6.45) is 2.68. The van der Waals surface area contributed by atoms with Crippen LogP contribution in [0, 0.1) is 11.3 Å². The molecule has 0 aliphatic heterocycles. The molecule has 0 atom stereocenters. The van der Waals surface area contributed by atoms with E-state index in [0.29, 0.717) is 13.0 Å². The number of hydrogen-bond acceptors (Lipinski definition) is 3. The van der Waals surface area contributed by atoms with Gasteiger partial charge in [-0.2, -0.15) is 5.26 Å². The van der Waals surface area contributed by atoms with Gasteiger partial charge in [-0.15, -0.1) is 0 Å². The normalized spacial score (nSPS) is 9.88. The van der Waals surface area contributed by atoms with Crippen molar-refractivity contribution in [2.75, 3.05) is 13.2 Å². The van der Waals surface area contributed by atoms with Crippen molar-refractivity contribution in [3.8, 4) is 11.8 Å². The van der Waals surface area contributed by atoms with E-state index in [0.717, 1.165) is 31.7 Å². The number of hydrogen-bond donors (Lipinski definition) is 1. The lowest BCUT2D eigenvalue weighted by Gasteiger charge is -2.07. The minimum absolute atomic E-state index is 0.654. The Morgan fingerprint density at radius 1 is 1.35 bits per heavy atom. The highest BCUT2D eigenvalue weighted by molar-refractivity contribution is 5.28. The molecule has 0 unspecified atom stereocenters. The molecule has 0 radical (unpaired) electrons. The lowest BCUT2D eigenvalue weighted by molar-refractivity contribution is 0.340. The molecule has 3 nitrogen and oxygen atoms in total. The largest absolute Gasteiger partial charge is 0.494 e. The Morgan fingerprint density at radius 2 is 2.24 bits per heavy atom. The van der Waals surface area contributed by atoms with E-state index >= 15 is 0 Å². The molecular formula is C14H20N2O. The number of nitriles is 1. The highest BCUT2D eigenvalue weighted by Crippen LogP contribution is 2.12. The van der Waals surface area contributed by atoms with Crippen molar-refractivity contribution < 1.29 is 4.74 Å². The van der Waals surface area contributed by atoms with Gasteiger partial charge in [0.2, 0.25) is 0 Å². The SMILES string of the molecule is CCOc1cccc(CNCCCCC#N)c1. The summed E-state index contributed by atoms with van der Waals surface area (Å²) in [5.74, 6) is 0.927. The van der Waals surface area contributed by atoms with Crippen molar-refractivity contribution in [3.05, 3.63) is 29.8 Å². The second-order valence-corrected chi connectivity index (χ2v) is 3.87. The lowest BCUT2D eigenvalue weighted by atomic mass is 10.2. The second kappa shape index (κ2) is 8.60. The predicted molar refractivity (Wildman–Crippen MR) is 68.8 cm³/mol. The third kappa shape index (κ3) is 5.94. The standard InChI is InChI=1S/C14H20N2O/c1-2-17-14-8-6-7-13(11-14)12-16-10-5-3-4-9-15/h6-8,11,16H,2-5,10,12H2,1H3. The van der Waals surface area contributed by atoms with Crippen molar-refractivity contribution in [1.82, 2.24) is 5.32 Å². The Labute approximate surface area is 103 Å². The minimum atomic E-state index is 0.654. The fourth-order valence-electron chi connectivity index (χ4n) is 1.60. The Kier molecular flexibility index (Phi) is 6.85. The van der Waals surface area contributed by atoms with Gasteiger partial charge in [-0.25, -0.2) is 0 Å². The Balaban J connectivity index is 2.22. The van der Waals surface area contributed by atoms with Crippen molar-refractivity contribution in [1.29, 1.82) is 5.26 Å². The first kappa shape index (κ1) is 13.5. The monoisotopic (exact) mass is 232 g/mol. The maximum Gasteiger partial charge on any atom is 0.119 e. The molecule has 0 aliphatic carbocycles. The summed E-state index contributed by atoms with van der Waals surface area (Å²) in [5.41, 5.74) is 1.23. The zero-order valence-electron chi connectivity index (χ0n) is 10.4. The van der Waals surface area contributed by atoms with Gasteiger partial charge >= 0.3 is 0 Å². The molecule has 0 amide bonds. The van der Waals surface area contributed by atoms with Crippen molar-refractivity contribution in [2.45, 2.75) is 32.7 Å². The Morgan fingerprint density at radius 3 is 3.00 bits per heavy atom. The van der Waals surface area contributed by atoms with Gasteiger partial charge in [-0.3, -0.25) is 0 Å². The van der Waals surface area contributed by atoms with E-state index in [2.05, 4.69) is 23.5 Å². The molecule has 1 aromatic rings. The van der Waals surface area contributed by atoms with Crippen molar-refractivity contribution in [2.24, 2.45) is 0 Å². The van der Waals surface area contributed by atoms with Crippen LogP contribution in [0.3, 0.4) is 0 Å². The summed E-state index contributed by atoms with van der Waals surface area (Å²) in [5, 5.41) is 11.8. The highest BCUT2D eigenvalue weighted by atomic mass is 16.5. The quantitative estimate of drug-likeness (QED) is 0.701. The summed E-state index contributed by atoms with van der Waals surface area (Å²) < 4.78 is 5.44. The molecule has 0 saturated heterocycles. The molecule has 92 valence electrons. The van der Waals surface area contributed by atoms with E-state index in [1.54, 1.807) is 0 Å². The molecule has 1 N–H and O–H groups in total. The molecule has 0 spiro atoms. The van der Waals surface area contributed by atoms with E-state index in [4.69, 9.17) is 10.00 Å². The number of benzene rings is 1. The van der Waals surface area contributed by atoms with E-state index in [1.165, 1.54) is 5.56 Å². The zero-order chi connectivity index (χ0) is 12.3. The molecule has 0 heterocycles. The summed E-state index contributed by atoms with van der Waals surface area (Å²) in [6, 6.07) is 10.3. The van der Waals surface area contributed by atoms with Crippen LogP contribution < -0.4 is 10.1 Å². The van der Waals surface area contributed by atoms with Crippen LogP contribution in [-0.2, 0) is 6.54 Å². The van der Waals surface area contributed by atoms with Gasteiger partial charge in [-0.1, -0.05) is 12.1 Å². The topological polar surface area (TPSA) is 45.0 Å². The Bertz CT molecular complexity index is 357. The average Bonchev–Trinajstić information content (AvgIpc) is 2.35. The molecule has 0 fully saturated rings. The van der Waals surface area contributed by atoms with Gasteiger partial charge in [-0.05, 0) is 44.0 Å². The van der Waals surface area contributed by atoms with Crippen LogP contribution in [0.2, 0.25) is 0 Å². The Hall–Kier alpha value is -1.53. The van der Waals surface area contributed by atoms with Crippen LogP contribution >= 0.6 is 0 Å². The number of ether oxygens (including phenoxy) is 1. The smallest absolute Gasteiger partial charge is 0.119 e. The zero-order valence-corrected chi connectivity index (χ0v) is 10.4. The summed E-state index contributed by atoms with van der Waals surface area (Å²) in [6.45, 7) is 4.50. The second-order valence-electron chi connectivity index (χ2n) is 3.87. The van der Waals surface area contributed by atoms with Crippen LogP contribution in [0.15, 0.2) is 24.3 Å². The maximum absolute atomic E-state index is 8.40. The molecule has 0 bridgehead atoms. The molecule has 17 heavy (non-hydrogen) atoms. The summed E-state index contributed by atoms with van der Waals surface area (Å²) in [7, 11) is 0. The third-order valence-electron chi connectivity index (χ3n) is 2.43. The van der Waals surface area contributed by atoms with Gasteiger partial charge in [0.25, 0.3) is 0 Å². The van der Waals surface area contributed by atoms with Crippen LogP contribution in [0.4, 0.5) is 0 Å². The number of unbranched alkanes of at least 4 members (excludes halogenated alkanes) is 2. The number of nitrogens with zero attached hydrogens (tertiary/aromatic N) is 1. The first-order valence-corrected chi connectivity index (χ1v) is 6.16. The van der Waals surface area contributed by atoms with Gasteiger partial charge in [0.05, 0.1) is 12.7 Å². The number of rotatable bonds is 8. The molecule has 0 aromatic heterocycles. The summed E-state index contributed by atoms with van der Waals surface area (Å²) >= 11 is 0. The number of nitrogens with one attached hydrogen (secondary N) is 1. The predicted octanol–water partition coefficient (Wildman–Crippen LogP) is 2.87. The lowest BCUT2D eigenvalue weighted by Crippen LogP contribution is -2.14. The fraction of sp³-hybridized carbons (Fsp3) is 0.500. The molecule has 0 aliphatic rings.